The number of anilines is 2. The van der Waals surface area contributed by atoms with E-state index < -0.39 is 15.9 Å². The highest BCUT2D eigenvalue weighted by Crippen LogP contribution is 2.27. The first kappa shape index (κ1) is 25.3. The van der Waals surface area contributed by atoms with Crippen molar-refractivity contribution in [3.05, 3.63) is 58.1 Å². The van der Waals surface area contributed by atoms with Crippen molar-refractivity contribution in [3.8, 4) is 0 Å². The van der Waals surface area contributed by atoms with E-state index in [0.29, 0.717) is 35.0 Å². The van der Waals surface area contributed by atoms with E-state index in [-0.39, 0.29) is 18.2 Å². The smallest absolute Gasteiger partial charge is 0.228 e. The molecule has 2 aliphatic heterocycles. The molecule has 0 aliphatic carbocycles. The number of hydrogen-bond acceptors (Lipinski definition) is 5. The maximum Gasteiger partial charge on any atom is 0.228 e. The number of likely N-dealkylation sites (N-methyl/N-ethyl adjacent to an activating group) is 1. The first-order chi connectivity index (χ1) is 16.2. The molecule has 7 nitrogen and oxygen atoms in total. The lowest BCUT2D eigenvalue weighted by atomic mass is 9.98. The summed E-state index contributed by atoms with van der Waals surface area (Å²) in [5.41, 5.74) is 2.36. The minimum Gasteiger partial charge on any atom is -0.369 e. The summed E-state index contributed by atoms with van der Waals surface area (Å²) in [6.45, 7) is 4.59. The molecule has 2 saturated heterocycles. The summed E-state index contributed by atoms with van der Waals surface area (Å²) < 4.78 is 27.4. The minimum atomic E-state index is -3.62. The van der Waals surface area contributed by atoms with Gasteiger partial charge in [-0.2, -0.15) is 0 Å². The monoisotopic (exact) mass is 524 g/mol. The molecular weight excluding hydrogens is 495 g/mol. The molecule has 4 rings (SSSR count). The summed E-state index contributed by atoms with van der Waals surface area (Å²) >= 11 is 12.1. The highest BCUT2D eigenvalue weighted by molar-refractivity contribution is 7.88. The van der Waals surface area contributed by atoms with Crippen molar-refractivity contribution in [1.82, 2.24) is 9.21 Å². The predicted octanol–water partition coefficient (Wildman–Crippen LogP) is 3.93. The summed E-state index contributed by atoms with van der Waals surface area (Å²) in [4.78, 5) is 17.6. The van der Waals surface area contributed by atoms with Gasteiger partial charge in [0.25, 0.3) is 0 Å². The van der Waals surface area contributed by atoms with Gasteiger partial charge in [0.05, 0.1) is 11.7 Å². The SMILES string of the molecule is CN1CCN(c2ccc(NC(=O)C3CCCN(S(=O)(=O)Cc4ccc(Cl)cc4Cl)C3)cc2)CC1. The molecule has 0 aromatic heterocycles. The van der Waals surface area contributed by atoms with Gasteiger partial charge in [-0.05, 0) is 61.9 Å². The fourth-order valence-electron chi connectivity index (χ4n) is 4.40. The number of rotatable bonds is 6. The topological polar surface area (TPSA) is 73.0 Å². The zero-order valence-electron chi connectivity index (χ0n) is 19.2. The Morgan fingerprint density at radius 3 is 2.41 bits per heavy atom. The van der Waals surface area contributed by atoms with Gasteiger partial charge in [-0.1, -0.05) is 29.3 Å². The maximum atomic E-state index is 13.0. The second-order valence-corrected chi connectivity index (χ2v) is 11.8. The van der Waals surface area contributed by atoms with Crippen LogP contribution < -0.4 is 10.2 Å². The Kier molecular flexibility index (Phi) is 8.05. The lowest BCUT2D eigenvalue weighted by Gasteiger charge is -2.34. The van der Waals surface area contributed by atoms with Gasteiger partial charge in [0.1, 0.15) is 0 Å². The number of nitrogens with one attached hydrogen (secondary N) is 1. The molecule has 1 unspecified atom stereocenters. The average Bonchev–Trinajstić information content (AvgIpc) is 2.82. The number of carbonyl (C=O) groups is 1. The molecule has 0 spiro atoms. The summed E-state index contributed by atoms with van der Waals surface area (Å²) in [6, 6.07) is 12.6. The van der Waals surface area contributed by atoms with Crippen molar-refractivity contribution in [1.29, 1.82) is 0 Å². The van der Waals surface area contributed by atoms with Gasteiger partial charge in [0.15, 0.2) is 0 Å². The zero-order valence-corrected chi connectivity index (χ0v) is 21.5. The molecule has 2 fully saturated rings. The van der Waals surface area contributed by atoms with Crippen molar-refractivity contribution in [2.24, 2.45) is 5.92 Å². The van der Waals surface area contributed by atoms with Gasteiger partial charge >= 0.3 is 0 Å². The highest BCUT2D eigenvalue weighted by atomic mass is 35.5. The molecule has 2 aromatic rings. The van der Waals surface area contributed by atoms with E-state index in [0.717, 1.165) is 37.6 Å². The van der Waals surface area contributed by atoms with Crippen LogP contribution >= 0.6 is 23.2 Å². The molecule has 2 heterocycles. The Morgan fingerprint density at radius 2 is 1.74 bits per heavy atom. The van der Waals surface area contributed by atoms with E-state index >= 15 is 0 Å². The third-order valence-corrected chi connectivity index (χ3v) is 8.89. The average molecular weight is 526 g/mol. The van der Waals surface area contributed by atoms with Crippen molar-refractivity contribution in [2.45, 2.75) is 18.6 Å². The van der Waals surface area contributed by atoms with Crippen molar-refractivity contribution in [3.63, 3.8) is 0 Å². The molecule has 1 atom stereocenters. The number of piperidine rings is 1. The fourth-order valence-corrected chi connectivity index (χ4v) is 6.60. The van der Waals surface area contributed by atoms with Gasteiger partial charge in [-0.25, -0.2) is 12.7 Å². The molecule has 1 N–H and O–H groups in total. The normalized spacial score (nSPS) is 20.3. The standard InChI is InChI=1S/C24H30Cl2N4O3S/c1-28-11-13-29(14-12-28)22-8-6-21(7-9-22)27-24(31)18-3-2-10-30(16-18)34(32,33)17-19-4-5-20(25)15-23(19)26/h4-9,15,18H,2-3,10-14,16-17H2,1H3,(H,27,31). The molecule has 2 aliphatic rings. The Labute approximate surface area is 211 Å². The van der Waals surface area contributed by atoms with Gasteiger partial charge in [0.2, 0.25) is 15.9 Å². The maximum absolute atomic E-state index is 13.0. The molecule has 0 radical (unpaired) electrons. The van der Waals surface area contributed by atoms with Gasteiger partial charge < -0.3 is 15.1 Å². The van der Waals surface area contributed by atoms with E-state index in [1.54, 1.807) is 12.1 Å². The Balaban J connectivity index is 1.35. The Bertz CT molecular complexity index is 1120. The van der Waals surface area contributed by atoms with E-state index in [1.165, 1.54) is 10.4 Å². The van der Waals surface area contributed by atoms with Crippen molar-refractivity contribution in [2.75, 3.05) is 56.5 Å². The van der Waals surface area contributed by atoms with E-state index in [1.807, 2.05) is 24.3 Å². The number of sulfonamides is 1. The number of nitrogens with zero attached hydrogens (tertiary/aromatic N) is 3. The fraction of sp³-hybridized carbons (Fsp3) is 0.458. The molecule has 1 amide bonds. The first-order valence-electron chi connectivity index (χ1n) is 11.5. The van der Waals surface area contributed by atoms with Crippen LogP contribution in [0.5, 0.6) is 0 Å². The summed E-state index contributed by atoms with van der Waals surface area (Å²) in [7, 11) is -1.49. The molecule has 0 saturated carbocycles. The van der Waals surface area contributed by atoms with Crippen LogP contribution in [0.15, 0.2) is 42.5 Å². The highest BCUT2D eigenvalue weighted by Gasteiger charge is 2.33. The van der Waals surface area contributed by atoms with Crippen LogP contribution in [0.2, 0.25) is 10.0 Å². The quantitative estimate of drug-likeness (QED) is 0.619. The second-order valence-electron chi connectivity index (χ2n) is 9.02. The van der Waals surface area contributed by atoms with E-state index in [2.05, 4.69) is 22.2 Å². The molecule has 2 aromatic carbocycles. The molecule has 10 heteroatoms. The van der Waals surface area contributed by atoms with E-state index in [9.17, 15) is 13.2 Å². The number of carbonyl (C=O) groups excluding carboxylic acids is 1. The van der Waals surface area contributed by atoms with Crippen LogP contribution in [0.25, 0.3) is 0 Å². The number of piperazine rings is 1. The van der Waals surface area contributed by atoms with E-state index in [4.69, 9.17) is 23.2 Å². The molecular formula is C24H30Cl2N4O3S. The van der Waals surface area contributed by atoms with Crippen LogP contribution in [0.4, 0.5) is 11.4 Å². The first-order valence-corrected chi connectivity index (χ1v) is 13.8. The predicted molar refractivity (Wildman–Crippen MR) is 138 cm³/mol. The lowest BCUT2D eigenvalue weighted by molar-refractivity contribution is -0.120. The van der Waals surface area contributed by atoms with Gasteiger partial charge in [0, 0.05) is 60.7 Å². The number of hydrogen-bond donors (Lipinski definition) is 1. The Hall–Kier alpha value is -1.84. The van der Waals surface area contributed by atoms with Crippen molar-refractivity contribution >= 4 is 50.5 Å². The number of benzene rings is 2. The summed E-state index contributed by atoms with van der Waals surface area (Å²) in [5, 5.41) is 3.74. The minimum absolute atomic E-state index is 0.156. The zero-order chi connectivity index (χ0) is 24.3. The van der Waals surface area contributed by atoms with Crippen LogP contribution in [-0.2, 0) is 20.6 Å². The molecule has 0 bridgehead atoms. The van der Waals surface area contributed by atoms with Crippen LogP contribution in [0.3, 0.4) is 0 Å². The number of amides is 1. The van der Waals surface area contributed by atoms with Gasteiger partial charge in [-0.15, -0.1) is 0 Å². The second kappa shape index (κ2) is 10.8. The number of halogens is 2. The summed E-state index contributed by atoms with van der Waals surface area (Å²) in [6.07, 6.45) is 1.28. The lowest BCUT2D eigenvalue weighted by Crippen LogP contribution is -2.44. The molecule has 34 heavy (non-hydrogen) atoms. The van der Waals surface area contributed by atoms with Crippen molar-refractivity contribution < 1.29 is 13.2 Å². The third-order valence-electron chi connectivity index (χ3n) is 6.50. The van der Waals surface area contributed by atoms with Crippen LogP contribution in [0.1, 0.15) is 18.4 Å². The van der Waals surface area contributed by atoms with Gasteiger partial charge in [-0.3, -0.25) is 4.79 Å². The summed E-state index contributed by atoms with van der Waals surface area (Å²) in [5.74, 6) is -0.774. The third kappa shape index (κ3) is 6.23. The largest absolute Gasteiger partial charge is 0.369 e. The van der Waals surface area contributed by atoms with Crippen LogP contribution in [-0.4, -0.2) is 69.8 Å². The van der Waals surface area contributed by atoms with Crippen LogP contribution in [0, 0.1) is 5.92 Å². The molecule has 184 valence electrons. The Morgan fingerprint density at radius 1 is 1.03 bits per heavy atom.